The third kappa shape index (κ3) is 4.45. The van der Waals surface area contributed by atoms with Gasteiger partial charge in [-0.05, 0) is 41.1 Å². The van der Waals surface area contributed by atoms with E-state index < -0.39 is 5.91 Å². The van der Waals surface area contributed by atoms with E-state index in [2.05, 4.69) is 15.8 Å². The minimum atomic E-state index is -0.488. The third-order valence-corrected chi connectivity index (χ3v) is 4.09. The number of hydrogen-bond donors (Lipinski definition) is 3. The molecule has 142 valence electrons. The zero-order valence-corrected chi connectivity index (χ0v) is 15.2. The van der Waals surface area contributed by atoms with Crippen molar-refractivity contribution in [2.45, 2.75) is 0 Å². The summed E-state index contributed by atoms with van der Waals surface area (Å²) >= 11 is 0. The Bertz CT molecular complexity index is 1030. The van der Waals surface area contributed by atoms with Crippen LogP contribution in [0.25, 0.3) is 10.8 Å². The molecule has 3 aromatic carbocycles. The number of carbonyl (C=O) groups excluding carboxylic acids is 2. The second-order valence-corrected chi connectivity index (χ2v) is 5.92. The largest absolute Gasteiger partial charge is 0.507 e. The number of benzene rings is 3. The van der Waals surface area contributed by atoms with Gasteiger partial charge in [0.25, 0.3) is 11.8 Å². The maximum absolute atomic E-state index is 12.0. The fourth-order valence-electron chi connectivity index (χ4n) is 2.63. The van der Waals surface area contributed by atoms with Crippen molar-refractivity contribution in [3.63, 3.8) is 0 Å². The quantitative estimate of drug-likeness (QED) is 0.454. The number of nitrogens with one attached hydrogen (secondary N) is 2. The summed E-state index contributed by atoms with van der Waals surface area (Å²) < 4.78 is 5.03. The van der Waals surface area contributed by atoms with E-state index in [-0.39, 0.29) is 18.2 Å². The lowest BCUT2D eigenvalue weighted by Crippen LogP contribution is -2.34. The van der Waals surface area contributed by atoms with Crippen LogP contribution in [0.4, 0.5) is 0 Å². The lowest BCUT2D eigenvalue weighted by molar-refractivity contribution is -0.120. The molecule has 0 saturated carbocycles. The van der Waals surface area contributed by atoms with Gasteiger partial charge in [0.05, 0.1) is 19.9 Å². The molecular weight excluding hydrogens is 358 g/mol. The summed E-state index contributed by atoms with van der Waals surface area (Å²) in [6.45, 7) is -0.232. The molecule has 3 rings (SSSR count). The Morgan fingerprint density at radius 1 is 1.07 bits per heavy atom. The summed E-state index contributed by atoms with van der Waals surface area (Å²) in [7, 11) is 1.54. The van der Waals surface area contributed by atoms with Crippen molar-refractivity contribution in [1.29, 1.82) is 0 Å². The average Bonchev–Trinajstić information content (AvgIpc) is 2.73. The normalized spacial score (nSPS) is 10.8. The second-order valence-electron chi connectivity index (χ2n) is 5.92. The smallest absolute Gasteiger partial charge is 0.259 e. The standard InChI is InChI=1S/C21H19N3O4/c1-28-16-9-6-15(7-10-16)21(27)22-13-20(26)24-23-12-18-17-5-3-2-4-14(17)8-11-19(18)25/h2-12,25H,13H2,1H3,(H,22,27)(H,24,26)/b23-12+. The van der Waals surface area contributed by atoms with Crippen molar-refractivity contribution in [2.24, 2.45) is 5.10 Å². The molecule has 0 saturated heterocycles. The van der Waals surface area contributed by atoms with Crippen LogP contribution >= 0.6 is 0 Å². The number of hydrogen-bond acceptors (Lipinski definition) is 5. The summed E-state index contributed by atoms with van der Waals surface area (Å²) in [6, 6.07) is 17.4. The summed E-state index contributed by atoms with van der Waals surface area (Å²) in [5, 5.41) is 18.2. The topological polar surface area (TPSA) is 100 Å². The first-order chi connectivity index (χ1) is 13.6. The van der Waals surface area contributed by atoms with Crippen LogP contribution in [0, 0.1) is 0 Å². The van der Waals surface area contributed by atoms with Crippen molar-refractivity contribution in [3.05, 3.63) is 71.8 Å². The Kier molecular flexibility index (Phi) is 5.86. The highest BCUT2D eigenvalue weighted by Crippen LogP contribution is 2.25. The fourth-order valence-corrected chi connectivity index (χ4v) is 2.63. The molecule has 0 unspecified atom stereocenters. The Labute approximate surface area is 161 Å². The van der Waals surface area contributed by atoms with Gasteiger partial charge < -0.3 is 15.2 Å². The molecular formula is C21H19N3O4. The van der Waals surface area contributed by atoms with E-state index in [1.807, 2.05) is 24.3 Å². The minimum Gasteiger partial charge on any atom is -0.507 e. The highest BCUT2D eigenvalue weighted by atomic mass is 16.5. The molecule has 0 spiro atoms. The van der Waals surface area contributed by atoms with Gasteiger partial charge in [0, 0.05) is 11.1 Å². The van der Waals surface area contributed by atoms with Crippen molar-refractivity contribution in [2.75, 3.05) is 13.7 Å². The number of aromatic hydroxyl groups is 1. The van der Waals surface area contributed by atoms with Gasteiger partial charge in [0.2, 0.25) is 0 Å². The lowest BCUT2D eigenvalue weighted by Gasteiger charge is -2.06. The van der Waals surface area contributed by atoms with E-state index in [9.17, 15) is 14.7 Å². The maximum Gasteiger partial charge on any atom is 0.259 e. The Balaban J connectivity index is 1.57. The first-order valence-corrected chi connectivity index (χ1v) is 8.53. The number of fused-ring (bicyclic) bond motifs is 1. The molecule has 0 heterocycles. The molecule has 2 amide bonds. The SMILES string of the molecule is COc1ccc(C(=O)NCC(=O)N/N=C/c2c(O)ccc3ccccc23)cc1. The summed E-state index contributed by atoms with van der Waals surface area (Å²) in [5.74, 6) is -0.170. The van der Waals surface area contributed by atoms with Crippen LogP contribution < -0.4 is 15.5 Å². The van der Waals surface area contributed by atoms with Crippen LogP contribution in [0.15, 0.2) is 65.8 Å². The van der Waals surface area contributed by atoms with E-state index in [1.165, 1.54) is 13.3 Å². The highest BCUT2D eigenvalue weighted by Gasteiger charge is 2.08. The van der Waals surface area contributed by atoms with Crippen molar-refractivity contribution >= 4 is 28.8 Å². The van der Waals surface area contributed by atoms with E-state index in [4.69, 9.17) is 4.74 Å². The van der Waals surface area contributed by atoms with Gasteiger partial charge in [-0.25, -0.2) is 5.43 Å². The molecule has 0 aliphatic heterocycles. The maximum atomic E-state index is 12.0. The number of hydrazone groups is 1. The van der Waals surface area contributed by atoms with Gasteiger partial charge in [-0.1, -0.05) is 30.3 Å². The number of rotatable bonds is 6. The highest BCUT2D eigenvalue weighted by molar-refractivity contribution is 6.02. The number of phenolic OH excluding ortho intramolecular Hbond substituents is 1. The zero-order chi connectivity index (χ0) is 19.9. The van der Waals surface area contributed by atoms with Crippen LogP contribution in [0.5, 0.6) is 11.5 Å². The van der Waals surface area contributed by atoms with E-state index >= 15 is 0 Å². The van der Waals surface area contributed by atoms with E-state index in [0.29, 0.717) is 16.9 Å². The van der Waals surface area contributed by atoms with Crippen molar-refractivity contribution in [3.8, 4) is 11.5 Å². The molecule has 7 heteroatoms. The number of carbonyl (C=O) groups is 2. The van der Waals surface area contributed by atoms with Gasteiger partial charge in [-0.3, -0.25) is 9.59 Å². The molecule has 7 nitrogen and oxygen atoms in total. The molecule has 0 fully saturated rings. The van der Waals surface area contributed by atoms with Crippen LogP contribution in [-0.2, 0) is 4.79 Å². The Morgan fingerprint density at radius 2 is 1.82 bits per heavy atom. The van der Waals surface area contributed by atoms with Crippen LogP contribution in [0.1, 0.15) is 15.9 Å². The minimum absolute atomic E-state index is 0.0597. The van der Waals surface area contributed by atoms with E-state index in [0.717, 1.165) is 10.8 Å². The summed E-state index contributed by atoms with van der Waals surface area (Å²) in [5.41, 5.74) is 3.25. The van der Waals surface area contributed by atoms with Gasteiger partial charge in [0.1, 0.15) is 11.5 Å². The summed E-state index contributed by atoms with van der Waals surface area (Å²) in [6.07, 6.45) is 1.38. The zero-order valence-electron chi connectivity index (χ0n) is 15.2. The van der Waals surface area contributed by atoms with Gasteiger partial charge in [-0.2, -0.15) is 5.10 Å². The molecule has 0 aliphatic rings. The number of amides is 2. The van der Waals surface area contributed by atoms with Crippen LogP contribution in [-0.4, -0.2) is 36.8 Å². The van der Waals surface area contributed by atoms with Crippen LogP contribution in [0.2, 0.25) is 0 Å². The van der Waals surface area contributed by atoms with Gasteiger partial charge >= 0.3 is 0 Å². The predicted octanol–water partition coefficient (Wildman–Crippen LogP) is 2.43. The number of nitrogens with zero attached hydrogens (tertiary/aromatic N) is 1. The van der Waals surface area contributed by atoms with Gasteiger partial charge in [-0.15, -0.1) is 0 Å². The number of methoxy groups -OCH3 is 1. The second kappa shape index (κ2) is 8.68. The molecule has 0 atom stereocenters. The Morgan fingerprint density at radius 3 is 2.57 bits per heavy atom. The number of ether oxygens (including phenoxy) is 1. The molecule has 0 bridgehead atoms. The molecule has 0 aliphatic carbocycles. The molecule has 0 radical (unpaired) electrons. The average molecular weight is 377 g/mol. The Hall–Kier alpha value is -3.87. The summed E-state index contributed by atoms with van der Waals surface area (Å²) in [4.78, 5) is 23.9. The van der Waals surface area contributed by atoms with E-state index in [1.54, 1.807) is 36.4 Å². The molecule has 3 N–H and O–H groups in total. The monoisotopic (exact) mass is 377 g/mol. The lowest BCUT2D eigenvalue weighted by atomic mass is 10.0. The first-order valence-electron chi connectivity index (χ1n) is 8.53. The fraction of sp³-hybridized carbons (Fsp3) is 0.0952. The number of phenols is 1. The van der Waals surface area contributed by atoms with Crippen LogP contribution in [0.3, 0.4) is 0 Å². The molecule has 0 aromatic heterocycles. The third-order valence-electron chi connectivity index (χ3n) is 4.09. The van der Waals surface area contributed by atoms with Crippen molar-refractivity contribution in [1.82, 2.24) is 10.7 Å². The molecule has 3 aromatic rings. The van der Waals surface area contributed by atoms with Gasteiger partial charge in [0.15, 0.2) is 0 Å². The predicted molar refractivity (Wildman–Crippen MR) is 107 cm³/mol. The van der Waals surface area contributed by atoms with Crippen molar-refractivity contribution < 1.29 is 19.4 Å². The first kappa shape index (κ1) is 18.9. The molecule has 28 heavy (non-hydrogen) atoms.